The Kier molecular flexibility index (Phi) is 4.76. The smallest absolute Gasteiger partial charge is 0.119 e. The Bertz CT molecular complexity index is 510. The Morgan fingerprint density at radius 2 is 2.05 bits per heavy atom. The van der Waals surface area contributed by atoms with Crippen LogP contribution in [-0.4, -0.2) is 25.7 Å². The highest BCUT2D eigenvalue weighted by Gasteiger charge is 2.06. The van der Waals surface area contributed by atoms with Gasteiger partial charge >= 0.3 is 0 Å². The van der Waals surface area contributed by atoms with E-state index in [4.69, 9.17) is 10.5 Å². The van der Waals surface area contributed by atoms with E-state index in [-0.39, 0.29) is 0 Å². The van der Waals surface area contributed by atoms with Crippen molar-refractivity contribution < 1.29 is 4.74 Å². The van der Waals surface area contributed by atoms with Crippen LogP contribution in [0.1, 0.15) is 10.7 Å². The van der Waals surface area contributed by atoms with Gasteiger partial charge in [0, 0.05) is 24.5 Å². The zero-order valence-electron chi connectivity index (χ0n) is 11.3. The molecule has 0 bridgehead atoms. The molecule has 102 valence electrons. The molecule has 1 aromatic carbocycles. The Balaban J connectivity index is 2.00. The number of ether oxygens (including phenoxy) is 1. The third kappa shape index (κ3) is 3.68. The summed E-state index contributed by atoms with van der Waals surface area (Å²) in [6.07, 6.45) is 0.858. The maximum Gasteiger partial charge on any atom is 0.119 e. The fourth-order valence-corrected chi connectivity index (χ4v) is 2.64. The predicted octanol–water partition coefficient (Wildman–Crippen LogP) is 2.29. The number of hydrogen-bond acceptors (Lipinski definition) is 5. The molecule has 1 aromatic heterocycles. The Morgan fingerprint density at radius 3 is 2.68 bits per heavy atom. The minimum atomic E-state index is 0.654. The molecule has 0 aliphatic carbocycles. The fourth-order valence-electron chi connectivity index (χ4n) is 1.83. The van der Waals surface area contributed by atoms with Crippen LogP contribution in [0.2, 0.25) is 0 Å². The summed E-state index contributed by atoms with van der Waals surface area (Å²) in [6, 6.07) is 8.03. The van der Waals surface area contributed by atoms with Gasteiger partial charge in [-0.2, -0.15) is 0 Å². The summed E-state index contributed by atoms with van der Waals surface area (Å²) >= 11 is 1.68. The van der Waals surface area contributed by atoms with Crippen LogP contribution in [-0.2, 0) is 13.0 Å². The van der Waals surface area contributed by atoms with Crippen molar-refractivity contribution >= 4 is 17.0 Å². The van der Waals surface area contributed by atoms with E-state index in [0.717, 1.165) is 35.1 Å². The van der Waals surface area contributed by atoms with Crippen molar-refractivity contribution in [3.05, 3.63) is 40.3 Å². The van der Waals surface area contributed by atoms with Crippen LogP contribution in [0.15, 0.2) is 29.6 Å². The summed E-state index contributed by atoms with van der Waals surface area (Å²) in [5.41, 5.74) is 7.77. The molecule has 2 N–H and O–H groups in total. The third-order valence-corrected chi connectivity index (χ3v) is 3.83. The normalized spacial score (nSPS) is 10.5. The number of thiazole rings is 1. The van der Waals surface area contributed by atoms with E-state index in [2.05, 4.69) is 22.3 Å². The molecule has 19 heavy (non-hydrogen) atoms. The highest BCUT2D eigenvalue weighted by molar-refractivity contribution is 7.09. The quantitative estimate of drug-likeness (QED) is 0.880. The van der Waals surface area contributed by atoms with Crippen molar-refractivity contribution in [3.63, 3.8) is 0 Å². The number of methoxy groups -OCH3 is 1. The Hall–Kier alpha value is -1.59. The van der Waals surface area contributed by atoms with Crippen LogP contribution in [0.4, 0.5) is 5.69 Å². The number of rotatable bonds is 6. The lowest BCUT2D eigenvalue weighted by Gasteiger charge is -2.18. The molecule has 1 heterocycles. The average Bonchev–Trinajstić information content (AvgIpc) is 2.86. The SMILES string of the molecule is COc1ccc(N(C)Cc2csc(CCN)n2)cc1. The summed E-state index contributed by atoms with van der Waals surface area (Å²) in [4.78, 5) is 6.74. The van der Waals surface area contributed by atoms with Gasteiger partial charge < -0.3 is 15.4 Å². The first-order chi connectivity index (χ1) is 9.22. The fraction of sp³-hybridized carbons (Fsp3) is 0.357. The minimum Gasteiger partial charge on any atom is -0.497 e. The van der Waals surface area contributed by atoms with E-state index in [1.807, 2.05) is 24.3 Å². The molecule has 2 aromatic rings. The van der Waals surface area contributed by atoms with Crippen molar-refractivity contribution in [2.24, 2.45) is 5.73 Å². The molecule has 0 aliphatic heterocycles. The second-order valence-corrected chi connectivity index (χ2v) is 5.27. The summed E-state index contributed by atoms with van der Waals surface area (Å²) in [5.74, 6) is 0.871. The van der Waals surface area contributed by atoms with Gasteiger partial charge in [0.25, 0.3) is 0 Å². The zero-order valence-corrected chi connectivity index (χ0v) is 12.1. The van der Waals surface area contributed by atoms with Crippen LogP contribution >= 0.6 is 11.3 Å². The molecule has 0 amide bonds. The third-order valence-electron chi connectivity index (χ3n) is 2.87. The minimum absolute atomic E-state index is 0.654. The number of aromatic nitrogens is 1. The number of hydrogen-bond donors (Lipinski definition) is 1. The number of anilines is 1. The molecule has 0 unspecified atom stereocenters. The molecule has 0 saturated carbocycles. The molecule has 0 saturated heterocycles. The second-order valence-electron chi connectivity index (χ2n) is 4.33. The molecule has 2 rings (SSSR count). The lowest BCUT2D eigenvalue weighted by Crippen LogP contribution is -2.16. The van der Waals surface area contributed by atoms with Crippen molar-refractivity contribution in [1.82, 2.24) is 4.98 Å². The first kappa shape index (κ1) is 13.8. The molecular formula is C14H19N3OS. The number of nitrogens with two attached hydrogens (primary N) is 1. The average molecular weight is 277 g/mol. The molecule has 0 atom stereocenters. The van der Waals surface area contributed by atoms with Crippen molar-refractivity contribution in [3.8, 4) is 5.75 Å². The van der Waals surface area contributed by atoms with Crippen LogP contribution in [0.3, 0.4) is 0 Å². The van der Waals surface area contributed by atoms with E-state index < -0.39 is 0 Å². The van der Waals surface area contributed by atoms with E-state index >= 15 is 0 Å². The number of nitrogens with zero attached hydrogens (tertiary/aromatic N) is 2. The second kappa shape index (κ2) is 6.54. The van der Waals surface area contributed by atoms with E-state index in [0.29, 0.717) is 6.54 Å². The van der Waals surface area contributed by atoms with Gasteiger partial charge in [-0.15, -0.1) is 11.3 Å². The van der Waals surface area contributed by atoms with Gasteiger partial charge in [0.05, 0.1) is 24.4 Å². The Labute approximate surface area is 117 Å². The highest BCUT2D eigenvalue weighted by atomic mass is 32.1. The van der Waals surface area contributed by atoms with Gasteiger partial charge in [-0.3, -0.25) is 0 Å². The molecule has 0 spiro atoms. The van der Waals surface area contributed by atoms with Gasteiger partial charge in [-0.25, -0.2) is 4.98 Å². The van der Waals surface area contributed by atoms with Crippen LogP contribution in [0.5, 0.6) is 5.75 Å². The van der Waals surface area contributed by atoms with E-state index in [1.165, 1.54) is 0 Å². The standard InChI is InChI=1S/C14H19N3OS/c1-17(12-3-5-13(18-2)6-4-12)9-11-10-19-14(16-11)7-8-15/h3-6,10H,7-9,15H2,1-2H3. The maximum atomic E-state index is 5.53. The zero-order chi connectivity index (χ0) is 13.7. The maximum absolute atomic E-state index is 5.53. The van der Waals surface area contributed by atoms with Gasteiger partial charge in [0.2, 0.25) is 0 Å². The van der Waals surface area contributed by atoms with Gasteiger partial charge in [-0.1, -0.05) is 0 Å². The Morgan fingerprint density at radius 1 is 1.32 bits per heavy atom. The van der Waals surface area contributed by atoms with E-state index in [9.17, 15) is 0 Å². The number of benzene rings is 1. The lowest BCUT2D eigenvalue weighted by molar-refractivity contribution is 0.415. The monoisotopic (exact) mass is 277 g/mol. The van der Waals surface area contributed by atoms with Crippen molar-refractivity contribution in [2.75, 3.05) is 25.6 Å². The summed E-state index contributed by atoms with van der Waals surface area (Å²) < 4.78 is 5.16. The molecule has 0 radical (unpaired) electrons. The lowest BCUT2D eigenvalue weighted by atomic mass is 10.2. The first-order valence-corrected chi connectivity index (χ1v) is 7.09. The largest absolute Gasteiger partial charge is 0.497 e. The van der Waals surface area contributed by atoms with Crippen LogP contribution < -0.4 is 15.4 Å². The molecule has 4 nitrogen and oxygen atoms in total. The summed E-state index contributed by atoms with van der Waals surface area (Å²) in [5, 5.41) is 3.21. The van der Waals surface area contributed by atoms with Gasteiger partial charge in [-0.05, 0) is 30.8 Å². The summed E-state index contributed by atoms with van der Waals surface area (Å²) in [6.45, 7) is 1.45. The molecule has 0 aliphatic rings. The van der Waals surface area contributed by atoms with Crippen molar-refractivity contribution in [2.45, 2.75) is 13.0 Å². The topological polar surface area (TPSA) is 51.4 Å². The first-order valence-electron chi connectivity index (χ1n) is 6.21. The molecular weight excluding hydrogens is 258 g/mol. The van der Waals surface area contributed by atoms with Gasteiger partial charge in [0.15, 0.2) is 0 Å². The van der Waals surface area contributed by atoms with E-state index in [1.54, 1.807) is 18.4 Å². The molecule has 0 fully saturated rings. The highest BCUT2D eigenvalue weighted by Crippen LogP contribution is 2.20. The molecule has 5 heteroatoms. The van der Waals surface area contributed by atoms with Crippen LogP contribution in [0.25, 0.3) is 0 Å². The predicted molar refractivity (Wildman–Crippen MR) is 80.0 cm³/mol. The summed E-state index contributed by atoms with van der Waals surface area (Å²) in [7, 11) is 3.73. The van der Waals surface area contributed by atoms with Crippen LogP contribution in [0, 0.1) is 0 Å². The van der Waals surface area contributed by atoms with Crippen molar-refractivity contribution in [1.29, 1.82) is 0 Å². The van der Waals surface area contributed by atoms with Gasteiger partial charge in [0.1, 0.15) is 5.75 Å².